The number of rotatable bonds is 6. The second-order valence-corrected chi connectivity index (χ2v) is 6.73. The maximum atomic E-state index is 11.8. The average molecular weight is 300 g/mol. The van der Waals surface area contributed by atoms with E-state index in [-0.39, 0.29) is 34.6 Å². The minimum atomic E-state index is -3.39. The van der Waals surface area contributed by atoms with Gasteiger partial charge in [-0.1, -0.05) is 13.3 Å². The third-order valence-corrected chi connectivity index (χ3v) is 4.17. The van der Waals surface area contributed by atoms with Gasteiger partial charge in [-0.3, -0.25) is 4.79 Å². The van der Waals surface area contributed by atoms with Crippen LogP contribution < -0.4 is 11.1 Å². The number of carbonyl (C=O) groups is 1. The Labute approximate surface area is 118 Å². The Morgan fingerprint density at radius 1 is 1.45 bits per heavy atom. The van der Waals surface area contributed by atoms with Crippen LogP contribution in [0.4, 0.5) is 5.69 Å². The van der Waals surface area contributed by atoms with Crippen LogP contribution in [0.1, 0.15) is 19.8 Å². The summed E-state index contributed by atoms with van der Waals surface area (Å²) in [5, 5.41) is 12.2. The van der Waals surface area contributed by atoms with Crippen LogP contribution in [0, 0.1) is 5.92 Å². The predicted molar refractivity (Wildman–Crippen MR) is 77.3 cm³/mol. The SMILES string of the molecule is CCC(CN)CC(=O)Nc1cc(S(C)(=O)=O)ccc1O. The van der Waals surface area contributed by atoms with Gasteiger partial charge in [0.15, 0.2) is 9.84 Å². The van der Waals surface area contributed by atoms with E-state index in [1.807, 2.05) is 6.92 Å². The maximum Gasteiger partial charge on any atom is 0.224 e. The van der Waals surface area contributed by atoms with Crippen LogP contribution >= 0.6 is 0 Å². The molecule has 0 bridgehead atoms. The zero-order valence-electron chi connectivity index (χ0n) is 11.6. The zero-order chi connectivity index (χ0) is 15.3. The van der Waals surface area contributed by atoms with E-state index < -0.39 is 9.84 Å². The summed E-state index contributed by atoms with van der Waals surface area (Å²) in [6, 6.07) is 3.77. The van der Waals surface area contributed by atoms with Gasteiger partial charge < -0.3 is 16.2 Å². The molecule has 7 heteroatoms. The normalized spacial score (nSPS) is 12.9. The first-order valence-corrected chi connectivity index (χ1v) is 8.20. The first-order chi connectivity index (χ1) is 9.27. The lowest BCUT2D eigenvalue weighted by atomic mass is 10.0. The highest BCUT2D eigenvalue weighted by Crippen LogP contribution is 2.26. The van der Waals surface area contributed by atoms with Gasteiger partial charge in [-0.2, -0.15) is 0 Å². The van der Waals surface area contributed by atoms with Gasteiger partial charge in [-0.25, -0.2) is 8.42 Å². The summed E-state index contributed by atoms with van der Waals surface area (Å²) >= 11 is 0. The molecule has 1 rings (SSSR count). The number of aromatic hydroxyl groups is 1. The molecule has 1 unspecified atom stereocenters. The van der Waals surface area contributed by atoms with Crippen molar-refractivity contribution < 1.29 is 18.3 Å². The lowest BCUT2D eigenvalue weighted by molar-refractivity contribution is -0.117. The fourth-order valence-corrected chi connectivity index (χ4v) is 2.35. The molecule has 1 amide bonds. The topological polar surface area (TPSA) is 109 Å². The van der Waals surface area contributed by atoms with E-state index in [0.29, 0.717) is 6.54 Å². The van der Waals surface area contributed by atoms with Gasteiger partial charge in [-0.05, 0) is 30.7 Å². The van der Waals surface area contributed by atoms with Crippen LogP contribution in [0.25, 0.3) is 0 Å². The van der Waals surface area contributed by atoms with E-state index in [2.05, 4.69) is 5.32 Å². The first-order valence-electron chi connectivity index (χ1n) is 6.31. The maximum absolute atomic E-state index is 11.8. The lowest BCUT2D eigenvalue weighted by Crippen LogP contribution is -2.21. The van der Waals surface area contributed by atoms with Crippen molar-refractivity contribution in [1.82, 2.24) is 0 Å². The number of carbonyl (C=O) groups excluding carboxylic acids is 1. The fraction of sp³-hybridized carbons (Fsp3) is 0.462. The largest absolute Gasteiger partial charge is 0.506 e. The van der Waals surface area contributed by atoms with Gasteiger partial charge in [0.25, 0.3) is 0 Å². The number of phenolic OH excluding ortho intramolecular Hbond substituents is 1. The Kier molecular flexibility index (Phi) is 5.52. The van der Waals surface area contributed by atoms with Crippen molar-refractivity contribution >= 4 is 21.4 Å². The van der Waals surface area contributed by atoms with E-state index in [1.165, 1.54) is 18.2 Å². The number of nitrogens with one attached hydrogen (secondary N) is 1. The van der Waals surface area contributed by atoms with Crippen molar-refractivity contribution in [3.63, 3.8) is 0 Å². The Balaban J connectivity index is 2.89. The van der Waals surface area contributed by atoms with Crippen molar-refractivity contribution in [3.05, 3.63) is 18.2 Å². The minimum absolute atomic E-state index is 0.0384. The molecule has 0 saturated carbocycles. The van der Waals surface area contributed by atoms with Gasteiger partial charge in [0.1, 0.15) is 5.75 Å². The Morgan fingerprint density at radius 2 is 2.10 bits per heavy atom. The molecule has 20 heavy (non-hydrogen) atoms. The monoisotopic (exact) mass is 300 g/mol. The highest BCUT2D eigenvalue weighted by Gasteiger charge is 2.15. The third-order valence-electron chi connectivity index (χ3n) is 3.06. The zero-order valence-corrected chi connectivity index (χ0v) is 12.4. The van der Waals surface area contributed by atoms with Crippen LogP contribution in [0.15, 0.2) is 23.1 Å². The number of hydrogen-bond donors (Lipinski definition) is 3. The van der Waals surface area contributed by atoms with Crippen LogP contribution in [0.3, 0.4) is 0 Å². The summed E-state index contributed by atoms with van der Waals surface area (Å²) in [6.45, 7) is 2.34. The highest BCUT2D eigenvalue weighted by molar-refractivity contribution is 7.90. The van der Waals surface area contributed by atoms with Crippen molar-refractivity contribution in [1.29, 1.82) is 0 Å². The summed E-state index contributed by atoms with van der Waals surface area (Å²) in [4.78, 5) is 11.9. The van der Waals surface area contributed by atoms with Gasteiger partial charge in [0.2, 0.25) is 5.91 Å². The molecular formula is C13H20N2O4S. The molecule has 112 valence electrons. The molecule has 0 spiro atoms. The summed E-state index contributed by atoms with van der Waals surface area (Å²) in [6.07, 6.45) is 2.07. The number of nitrogens with two attached hydrogens (primary N) is 1. The van der Waals surface area contributed by atoms with E-state index in [4.69, 9.17) is 5.73 Å². The van der Waals surface area contributed by atoms with Crippen LogP contribution in [-0.4, -0.2) is 32.2 Å². The number of benzene rings is 1. The number of sulfone groups is 1. The molecule has 1 atom stereocenters. The number of phenols is 1. The molecule has 1 aromatic carbocycles. The lowest BCUT2D eigenvalue weighted by Gasteiger charge is -2.13. The van der Waals surface area contributed by atoms with Crippen LogP contribution in [0.5, 0.6) is 5.75 Å². The van der Waals surface area contributed by atoms with Crippen LogP contribution in [-0.2, 0) is 14.6 Å². The van der Waals surface area contributed by atoms with Crippen molar-refractivity contribution in [2.75, 3.05) is 18.1 Å². The Bertz CT molecular complexity index is 580. The summed E-state index contributed by atoms with van der Waals surface area (Å²) in [5.74, 6) is -0.412. The molecule has 0 fully saturated rings. The second-order valence-electron chi connectivity index (χ2n) is 4.71. The number of hydrogen-bond acceptors (Lipinski definition) is 5. The molecule has 0 aliphatic rings. The Hall–Kier alpha value is -1.60. The second kappa shape index (κ2) is 6.71. The van der Waals surface area contributed by atoms with Crippen molar-refractivity contribution in [2.45, 2.75) is 24.7 Å². The molecule has 0 aliphatic heterocycles. The standard InChI is InChI=1S/C13H20N2O4S/c1-3-9(8-14)6-13(17)15-11-7-10(20(2,18)19)4-5-12(11)16/h4-5,7,9,16H,3,6,8,14H2,1-2H3,(H,15,17). The summed E-state index contributed by atoms with van der Waals surface area (Å²) in [7, 11) is -3.39. The third kappa shape index (κ3) is 4.50. The molecule has 0 aliphatic carbocycles. The number of anilines is 1. The Morgan fingerprint density at radius 3 is 2.60 bits per heavy atom. The fourth-order valence-electron chi connectivity index (χ4n) is 1.70. The minimum Gasteiger partial charge on any atom is -0.506 e. The summed E-state index contributed by atoms with van der Waals surface area (Å²) < 4.78 is 22.9. The molecule has 4 N–H and O–H groups in total. The van der Waals surface area contributed by atoms with Crippen molar-refractivity contribution in [2.24, 2.45) is 11.7 Å². The van der Waals surface area contributed by atoms with Gasteiger partial charge in [-0.15, -0.1) is 0 Å². The molecule has 1 aromatic rings. The van der Waals surface area contributed by atoms with E-state index >= 15 is 0 Å². The quantitative estimate of drug-likeness (QED) is 0.682. The van der Waals surface area contributed by atoms with Crippen molar-refractivity contribution in [3.8, 4) is 5.75 Å². The predicted octanol–water partition coefficient (Wildman–Crippen LogP) is 1.11. The molecule has 6 nitrogen and oxygen atoms in total. The van der Waals surface area contributed by atoms with Crippen LogP contribution in [0.2, 0.25) is 0 Å². The number of amides is 1. The molecule has 0 saturated heterocycles. The van der Waals surface area contributed by atoms with Gasteiger partial charge >= 0.3 is 0 Å². The smallest absolute Gasteiger partial charge is 0.224 e. The average Bonchev–Trinajstić information content (AvgIpc) is 2.37. The van der Waals surface area contributed by atoms with Gasteiger partial charge in [0.05, 0.1) is 10.6 Å². The summed E-state index contributed by atoms with van der Waals surface area (Å²) in [5.41, 5.74) is 5.62. The highest BCUT2D eigenvalue weighted by atomic mass is 32.2. The molecule has 0 heterocycles. The van der Waals surface area contributed by atoms with E-state index in [9.17, 15) is 18.3 Å². The molecule has 0 radical (unpaired) electrons. The molecular weight excluding hydrogens is 280 g/mol. The van der Waals surface area contributed by atoms with E-state index in [1.54, 1.807) is 0 Å². The molecule has 0 aromatic heterocycles. The van der Waals surface area contributed by atoms with E-state index in [0.717, 1.165) is 12.7 Å². The van der Waals surface area contributed by atoms with Gasteiger partial charge in [0, 0.05) is 12.7 Å². The first kappa shape index (κ1) is 16.5.